The van der Waals surface area contributed by atoms with Crippen molar-refractivity contribution < 1.29 is 4.79 Å². The summed E-state index contributed by atoms with van der Waals surface area (Å²) in [5, 5.41) is 1.13. The Bertz CT molecular complexity index is 664. The third-order valence-electron chi connectivity index (χ3n) is 3.91. The second kappa shape index (κ2) is 6.91. The van der Waals surface area contributed by atoms with Gasteiger partial charge in [-0.25, -0.2) is 4.98 Å². The number of carbonyl (C=O) groups excluding carboxylic acids is 1. The number of aromatic nitrogens is 1. The van der Waals surface area contributed by atoms with Gasteiger partial charge in [0, 0.05) is 17.5 Å². The van der Waals surface area contributed by atoms with E-state index in [0.29, 0.717) is 11.8 Å². The first-order chi connectivity index (χ1) is 10.3. The maximum Gasteiger partial charge on any atom is 0.172 e. The lowest BCUT2D eigenvalue weighted by atomic mass is 9.88. The van der Waals surface area contributed by atoms with Crippen molar-refractivity contribution in [1.82, 2.24) is 4.98 Å². The number of carbonyl (C=O) groups is 1. The monoisotopic (exact) mass is 317 g/mol. The van der Waals surface area contributed by atoms with Gasteiger partial charge in [0.2, 0.25) is 0 Å². The molecule has 0 amide bonds. The first kappa shape index (κ1) is 17.1. The molecule has 0 atom stereocenters. The summed E-state index contributed by atoms with van der Waals surface area (Å²) >= 11 is 1.55. The molecule has 2 rings (SSSR count). The van der Waals surface area contributed by atoms with E-state index < -0.39 is 0 Å². The molecule has 120 valence electrons. The van der Waals surface area contributed by atoms with Crippen LogP contribution < -0.4 is 0 Å². The number of ketones is 1. The first-order valence-corrected chi connectivity index (χ1v) is 9.11. The largest absolute Gasteiger partial charge is 0.293 e. The fourth-order valence-electron chi connectivity index (χ4n) is 2.57. The van der Waals surface area contributed by atoms with Gasteiger partial charge in [0.1, 0.15) is 4.83 Å². The van der Waals surface area contributed by atoms with E-state index >= 15 is 0 Å². The Morgan fingerprint density at radius 1 is 1.23 bits per heavy atom. The molecule has 0 N–H and O–H groups in total. The number of aryl methyl sites for hydroxylation is 2. The Morgan fingerprint density at radius 3 is 2.55 bits per heavy atom. The lowest BCUT2D eigenvalue weighted by molar-refractivity contribution is 0.0985. The zero-order valence-electron chi connectivity index (χ0n) is 14.5. The highest BCUT2D eigenvalue weighted by Crippen LogP contribution is 2.29. The summed E-state index contributed by atoms with van der Waals surface area (Å²) in [4.78, 5) is 18.8. The quantitative estimate of drug-likeness (QED) is 0.628. The highest BCUT2D eigenvalue weighted by molar-refractivity contribution is 7.20. The molecule has 0 aliphatic carbocycles. The topological polar surface area (TPSA) is 30.0 Å². The Kier molecular flexibility index (Phi) is 5.38. The van der Waals surface area contributed by atoms with Crippen LogP contribution in [0.15, 0.2) is 12.1 Å². The highest BCUT2D eigenvalue weighted by atomic mass is 32.1. The van der Waals surface area contributed by atoms with E-state index in [0.717, 1.165) is 40.8 Å². The summed E-state index contributed by atoms with van der Waals surface area (Å²) < 4.78 is 0. The van der Waals surface area contributed by atoms with Crippen LogP contribution in [-0.4, -0.2) is 10.8 Å². The maximum atomic E-state index is 12.1. The van der Waals surface area contributed by atoms with Crippen LogP contribution in [0.25, 0.3) is 10.2 Å². The lowest BCUT2D eigenvalue weighted by Gasteiger charge is -2.18. The highest BCUT2D eigenvalue weighted by Gasteiger charge is 2.15. The van der Waals surface area contributed by atoms with E-state index in [1.165, 1.54) is 11.3 Å². The minimum Gasteiger partial charge on any atom is -0.293 e. The van der Waals surface area contributed by atoms with Crippen molar-refractivity contribution in [3.05, 3.63) is 28.3 Å². The predicted molar refractivity (Wildman–Crippen MR) is 96.0 cm³/mol. The molecule has 22 heavy (non-hydrogen) atoms. The molecule has 2 aromatic heterocycles. The van der Waals surface area contributed by atoms with Crippen molar-refractivity contribution in [3.63, 3.8) is 0 Å². The molecule has 0 saturated heterocycles. The van der Waals surface area contributed by atoms with Gasteiger partial charge in [-0.1, -0.05) is 34.6 Å². The molecule has 2 heterocycles. The van der Waals surface area contributed by atoms with Crippen LogP contribution in [-0.2, 0) is 12.8 Å². The summed E-state index contributed by atoms with van der Waals surface area (Å²) in [6.07, 6.45) is 4.69. The Labute approximate surface area is 138 Å². The maximum absolute atomic E-state index is 12.1. The number of thiophene rings is 1. The van der Waals surface area contributed by atoms with E-state index in [1.807, 2.05) is 13.0 Å². The van der Waals surface area contributed by atoms with Gasteiger partial charge in [-0.05, 0) is 48.8 Å². The number of nitrogens with zero attached hydrogens (tertiary/aromatic N) is 1. The number of hydrogen-bond acceptors (Lipinski definition) is 3. The molecule has 3 heteroatoms. The Hall–Kier alpha value is -1.22. The van der Waals surface area contributed by atoms with Crippen LogP contribution in [0.1, 0.15) is 74.8 Å². The molecule has 2 nitrogen and oxygen atoms in total. The zero-order chi connectivity index (χ0) is 16.3. The van der Waals surface area contributed by atoms with Gasteiger partial charge < -0.3 is 0 Å². The summed E-state index contributed by atoms with van der Waals surface area (Å²) in [5.74, 6) is 0.250. The fourth-order valence-corrected chi connectivity index (χ4v) is 3.57. The average molecular weight is 317 g/mol. The SMILES string of the molecule is CCCC(=O)c1cc2cc(CCC(C)(C)C)c(CC)nc2s1. The van der Waals surface area contributed by atoms with E-state index in [2.05, 4.69) is 33.8 Å². The normalized spacial score (nSPS) is 12.0. The Balaban J connectivity index is 2.35. The standard InChI is InChI=1S/C19H27NOS/c1-6-8-16(21)17-12-14-11-13(9-10-19(3,4)5)15(7-2)20-18(14)22-17/h11-12H,6-10H2,1-5H3. The van der Waals surface area contributed by atoms with Gasteiger partial charge >= 0.3 is 0 Å². The molecule has 0 spiro atoms. The summed E-state index contributed by atoms with van der Waals surface area (Å²) in [7, 11) is 0. The van der Waals surface area contributed by atoms with Gasteiger partial charge in [0.25, 0.3) is 0 Å². The minimum atomic E-state index is 0.250. The van der Waals surface area contributed by atoms with Crippen molar-refractivity contribution in [3.8, 4) is 0 Å². The summed E-state index contributed by atoms with van der Waals surface area (Å²) in [6, 6.07) is 4.29. The third-order valence-corrected chi connectivity index (χ3v) is 4.99. The van der Waals surface area contributed by atoms with Crippen molar-refractivity contribution >= 4 is 27.3 Å². The van der Waals surface area contributed by atoms with Crippen LogP contribution >= 0.6 is 11.3 Å². The molecule has 0 aliphatic rings. The van der Waals surface area contributed by atoms with Crippen molar-refractivity contribution in [2.75, 3.05) is 0 Å². The van der Waals surface area contributed by atoms with E-state index in [-0.39, 0.29) is 5.78 Å². The molecule has 0 saturated carbocycles. The van der Waals surface area contributed by atoms with E-state index in [9.17, 15) is 4.79 Å². The second-order valence-electron chi connectivity index (χ2n) is 7.19. The van der Waals surface area contributed by atoms with Gasteiger partial charge in [0.15, 0.2) is 5.78 Å². The molecule has 0 aliphatic heterocycles. The van der Waals surface area contributed by atoms with Crippen LogP contribution in [0.3, 0.4) is 0 Å². The zero-order valence-corrected chi connectivity index (χ0v) is 15.3. The minimum absolute atomic E-state index is 0.250. The molecular weight excluding hydrogens is 290 g/mol. The van der Waals surface area contributed by atoms with E-state index in [1.54, 1.807) is 11.3 Å². The van der Waals surface area contributed by atoms with Crippen molar-refractivity contribution in [2.45, 2.75) is 66.7 Å². The summed E-state index contributed by atoms with van der Waals surface area (Å²) in [5.41, 5.74) is 2.86. The molecular formula is C19H27NOS. The number of pyridine rings is 1. The molecule has 0 fully saturated rings. The lowest BCUT2D eigenvalue weighted by Crippen LogP contribution is -2.08. The van der Waals surface area contributed by atoms with E-state index in [4.69, 9.17) is 4.98 Å². The predicted octanol–water partition coefficient (Wildman–Crippen LogP) is 5.82. The first-order valence-electron chi connectivity index (χ1n) is 8.29. The van der Waals surface area contributed by atoms with Crippen LogP contribution in [0, 0.1) is 5.41 Å². The summed E-state index contributed by atoms with van der Waals surface area (Å²) in [6.45, 7) is 11.0. The molecule has 2 aromatic rings. The van der Waals surface area contributed by atoms with Crippen molar-refractivity contribution in [2.24, 2.45) is 5.41 Å². The van der Waals surface area contributed by atoms with Crippen molar-refractivity contribution in [1.29, 1.82) is 0 Å². The average Bonchev–Trinajstić information content (AvgIpc) is 2.86. The van der Waals surface area contributed by atoms with Gasteiger partial charge in [0.05, 0.1) is 4.88 Å². The van der Waals surface area contributed by atoms with Gasteiger partial charge in [-0.15, -0.1) is 11.3 Å². The molecule has 0 radical (unpaired) electrons. The molecule has 0 unspecified atom stereocenters. The van der Waals surface area contributed by atoms with Crippen LogP contribution in [0.5, 0.6) is 0 Å². The fraction of sp³-hybridized carbons (Fsp3) is 0.579. The van der Waals surface area contributed by atoms with Gasteiger partial charge in [-0.3, -0.25) is 4.79 Å². The number of rotatable bonds is 6. The number of Topliss-reactive ketones (excluding diaryl/α,β-unsaturated/α-hetero) is 1. The Morgan fingerprint density at radius 2 is 1.95 bits per heavy atom. The third kappa shape index (κ3) is 4.16. The number of fused-ring (bicyclic) bond motifs is 1. The van der Waals surface area contributed by atoms with Gasteiger partial charge in [-0.2, -0.15) is 0 Å². The number of hydrogen-bond donors (Lipinski definition) is 0. The molecule has 0 bridgehead atoms. The smallest absolute Gasteiger partial charge is 0.172 e. The second-order valence-corrected chi connectivity index (χ2v) is 8.22. The van der Waals surface area contributed by atoms with Crippen LogP contribution in [0.4, 0.5) is 0 Å². The molecule has 0 aromatic carbocycles. The van der Waals surface area contributed by atoms with Crippen LogP contribution in [0.2, 0.25) is 0 Å².